The van der Waals surface area contributed by atoms with Gasteiger partial charge in [0.15, 0.2) is 0 Å². The summed E-state index contributed by atoms with van der Waals surface area (Å²) in [6, 6.07) is 0. The largest absolute Gasteiger partial charge is 0.375 e. The van der Waals surface area contributed by atoms with E-state index in [-0.39, 0.29) is 17.6 Å². The Morgan fingerprint density at radius 1 is 1.69 bits per heavy atom. The molecule has 0 bridgehead atoms. The van der Waals surface area contributed by atoms with E-state index in [1.807, 2.05) is 0 Å². The Balaban J connectivity index is 1.79. The van der Waals surface area contributed by atoms with Crippen molar-refractivity contribution in [2.45, 2.75) is 44.0 Å². The molecule has 2 fully saturated rings. The average molecular weight is 225 g/mol. The molecular weight excluding hydrogens is 206 g/mol. The van der Waals surface area contributed by atoms with E-state index in [1.165, 1.54) is 6.08 Å². The second-order valence-electron chi connectivity index (χ2n) is 4.74. The summed E-state index contributed by atoms with van der Waals surface area (Å²) in [5.41, 5.74) is -0.0804. The molecule has 2 heterocycles. The van der Waals surface area contributed by atoms with Gasteiger partial charge < -0.3 is 14.8 Å². The monoisotopic (exact) mass is 225 g/mol. The van der Waals surface area contributed by atoms with E-state index in [9.17, 15) is 4.79 Å². The summed E-state index contributed by atoms with van der Waals surface area (Å²) in [5.74, 6) is -0.138. The van der Waals surface area contributed by atoms with Crippen LogP contribution in [0.2, 0.25) is 0 Å². The molecule has 1 spiro atoms. The highest BCUT2D eigenvalue weighted by Gasteiger charge is 2.45. The van der Waals surface area contributed by atoms with E-state index in [0.29, 0.717) is 19.3 Å². The third-order valence-corrected chi connectivity index (χ3v) is 3.32. The molecule has 0 aromatic carbocycles. The van der Waals surface area contributed by atoms with Gasteiger partial charge in [0.25, 0.3) is 0 Å². The molecule has 2 aliphatic rings. The summed E-state index contributed by atoms with van der Waals surface area (Å²) in [6.45, 7) is 6.75. The normalized spacial score (nSPS) is 37.8. The minimum absolute atomic E-state index is 0.0804. The van der Waals surface area contributed by atoms with Crippen LogP contribution >= 0.6 is 0 Å². The van der Waals surface area contributed by atoms with E-state index in [2.05, 4.69) is 18.8 Å². The van der Waals surface area contributed by atoms with Crippen LogP contribution in [0.4, 0.5) is 0 Å². The van der Waals surface area contributed by atoms with Gasteiger partial charge in [-0.05, 0) is 25.8 Å². The maximum Gasteiger partial charge on any atom is 0.243 e. The van der Waals surface area contributed by atoms with Crippen LogP contribution < -0.4 is 5.32 Å². The van der Waals surface area contributed by atoms with Gasteiger partial charge in [0.2, 0.25) is 5.91 Å². The average Bonchev–Trinajstić information content (AvgIpc) is 2.83. The quantitative estimate of drug-likeness (QED) is 0.729. The number of ether oxygens (including phenoxy) is 2. The van der Waals surface area contributed by atoms with Crippen molar-refractivity contribution < 1.29 is 14.3 Å². The van der Waals surface area contributed by atoms with E-state index in [4.69, 9.17) is 9.47 Å². The van der Waals surface area contributed by atoms with Gasteiger partial charge in [-0.2, -0.15) is 0 Å². The molecule has 4 heteroatoms. The highest BCUT2D eigenvalue weighted by molar-refractivity contribution is 5.86. The number of hydrogen-bond acceptors (Lipinski definition) is 3. The first-order chi connectivity index (χ1) is 7.63. The molecule has 0 aliphatic carbocycles. The lowest BCUT2D eigenvalue weighted by Gasteiger charge is -2.22. The van der Waals surface area contributed by atoms with E-state index < -0.39 is 0 Å². The van der Waals surface area contributed by atoms with Crippen LogP contribution in [-0.4, -0.2) is 36.9 Å². The Labute approximate surface area is 96.0 Å². The lowest BCUT2D eigenvalue weighted by Crippen LogP contribution is -2.35. The zero-order valence-corrected chi connectivity index (χ0v) is 9.70. The fourth-order valence-corrected chi connectivity index (χ4v) is 2.52. The molecule has 3 atom stereocenters. The van der Waals surface area contributed by atoms with Gasteiger partial charge in [-0.25, -0.2) is 0 Å². The van der Waals surface area contributed by atoms with Gasteiger partial charge in [0, 0.05) is 13.0 Å². The van der Waals surface area contributed by atoms with Gasteiger partial charge in [-0.1, -0.05) is 6.58 Å². The fourth-order valence-electron chi connectivity index (χ4n) is 2.52. The van der Waals surface area contributed by atoms with Crippen LogP contribution in [0.1, 0.15) is 26.2 Å². The Hall–Kier alpha value is -0.870. The number of carbonyl (C=O) groups excluding carboxylic acids is 1. The molecular formula is C12H19NO3. The molecule has 1 amide bonds. The predicted octanol–water partition coefficient (Wildman–Crippen LogP) is 1.02. The molecule has 90 valence electrons. The van der Waals surface area contributed by atoms with Crippen LogP contribution in [-0.2, 0) is 14.3 Å². The van der Waals surface area contributed by atoms with Crippen molar-refractivity contribution in [3.8, 4) is 0 Å². The lowest BCUT2D eigenvalue weighted by atomic mass is 9.97. The summed E-state index contributed by atoms with van der Waals surface area (Å²) in [5, 5.41) is 2.77. The maximum atomic E-state index is 11.0. The zero-order valence-electron chi connectivity index (χ0n) is 9.70. The van der Waals surface area contributed by atoms with Crippen molar-refractivity contribution in [3.63, 3.8) is 0 Å². The Kier molecular flexibility index (Phi) is 3.30. The fraction of sp³-hybridized carbons (Fsp3) is 0.750. The summed E-state index contributed by atoms with van der Waals surface area (Å²) in [6.07, 6.45) is 4.70. The summed E-state index contributed by atoms with van der Waals surface area (Å²) in [4.78, 5) is 11.0. The molecule has 2 aliphatic heterocycles. The highest BCUT2D eigenvalue weighted by atomic mass is 16.6. The number of amides is 1. The third-order valence-electron chi connectivity index (χ3n) is 3.32. The first-order valence-corrected chi connectivity index (χ1v) is 5.83. The Bertz CT molecular complexity index is 292. The molecule has 0 saturated carbocycles. The summed E-state index contributed by atoms with van der Waals surface area (Å²) in [7, 11) is 0. The lowest BCUT2D eigenvalue weighted by molar-refractivity contribution is -0.117. The molecule has 4 nitrogen and oxygen atoms in total. The van der Waals surface area contributed by atoms with Gasteiger partial charge in [-0.15, -0.1) is 0 Å². The topological polar surface area (TPSA) is 47.6 Å². The van der Waals surface area contributed by atoms with Crippen LogP contribution in [0, 0.1) is 0 Å². The molecule has 1 N–H and O–H groups in total. The molecule has 16 heavy (non-hydrogen) atoms. The van der Waals surface area contributed by atoms with Gasteiger partial charge in [0.1, 0.15) is 0 Å². The molecule has 0 radical (unpaired) electrons. The molecule has 2 rings (SSSR count). The van der Waals surface area contributed by atoms with E-state index in [1.54, 1.807) is 0 Å². The highest BCUT2D eigenvalue weighted by Crippen LogP contribution is 2.39. The van der Waals surface area contributed by atoms with Crippen LogP contribution in [0.25, 0.3) is 0 Å². The second-order valence-corrected chi connectivity index (χ2v) is 4.74. The Morgan fingerprint density at radius 3 is 3.12 bits per heavy atom. The van der Waals surface area contributed by atoms with E-state index >= 15 is 0 Å². The third kappa shape index (κ3) is 2.44. The van der Waals surface area contributed by atoms with Crippen molar-refractivity contribution in [2.24, 2.45) is 0 Å². The van der Waals surface area contributed by atoms with Crippen molar-refractivity contribution in [3.05, 3.63) is 12.7 Å². The van der Waals surface area contributed by atoms with Crippen LogP contribution in [0.3, 0.4) is 0 Å². The van der Waals surface area contributed by atoms with Crippen molar-refractivity contribution >= 4 is 5.91 Å². The SMILES string of the molecule is C=CC(=O)NCC1CCC2(COC(C)C2)O1. The molecule has 0 aromatic heterocycles. The van der Waals surface area contributed by atoms with E-state index in [0.717, 1.165) is 19.3 Å². The number of rotatable bonds is 3. The zero-order chi connectivity index (χ0) is 11.6. The summed E-state index contributed by atoms with van der Waals surface area (Å²) >= 11 is 0. The molecule has 0 aromatic rings. The Morgan fingerprint density at radius 2 is 2.50 bits per heavy atom. The van der Waals surface area contributed by atoms with Crippen LogP contribution in [0.15, 0.2) is 12.7 Å². The smallest absolute Gasteiger partial charge is 0.243 e. The molecule has 3 unspecified atom stereocenters. The minimum atomic E-state index is -0.138. The number of hydrogen-bond donors (Lipinski definition) is 1. The van der Waals surface area contributed by atoms with Crippen LogP contribution in [0.5, 0.6) is 0 Å². The minimum Gasteiger partial charge on any atom is -0.375 e. The maximum absolute atomic E-state index is 11.0. The van der Waals surface area contributed by atoms with Gasteiger partial charge in [0.05, 0.1) is 24.4 Å². The second kappa shape index (κ2) is 4.55. The van der Waals surface area contributed by atoms with Crippen molar-refractivity contribution in [2.75, 3.05) is 13.2 Å². The number of nitrogens with one attached hydrogen (secondary N) is 1. The predicted molar refractivity (Wildman–Crippen MR) is 60.1 cm³/mol. The van der Waals surface area contributed by atoms with Crippen molar-refractivity contribution in [1.29, 1.82) is 0 Å². The standard InChI is InChI=1S/C12H19NO3/c1-3-11(14)13-7-10-4-5-12(16-10)6-9(2)15-8-12/h3,9-10H,1,4-8H2,2H3,(H,13,14). The first-order valence-electron chi connectivity index (χ1n) is 5.83. The van der Waals surface area contributed by atoms with Crippen molar-refractivity contribution in [1.82, 2.24) is 5.32 Å². The molecule has 2 saturated heterocycles. The summed E-state index contributed by atoms with van der Waals surface area (Å²) < 4.78 is 11.6. The van der Waals surface area contributed by atoms with Gasteiger partial charge >= 0.3 is 0 Å². The number of carbonyl (C=O) groups is 1. The van der Waals surface area contributed by atoms with Gasteiger partial charge in [-0.3, -0.25) is 4.79 Å². The first kappa shape index (κ1) is 11.6.